The Kier molecular flexibility index (Phi) is 5.10. The molecule has 1 amide bonds. The number of hydrogen-bond donors (Lipinski definition) is 1. The van der Waals surface area contributed by atoms with Crippen molar-refractivity contribution in [3.63, 3.8) is 0 Å². The van der Waals surface area contributed by atoms with E-state index >= 15 is 0 Å². The Hall–Kier alpha value is -1.71. The van der Waals surface area contributed by atoms with Crippen LogP contribution in [0.1, 0.15) is 49.9 Å². The fourth-order valence-corrected chi connectivity index (χ4v) is 3.02. The second-order valence-electron chi connectivity index (χ2n) is 6.25. The average Bonchev–Trinajstić information content (AvgIpc) is 2.98. The van der Waals surface area contributed by atoms with Crippen molar-refractivity contribution in [1.82, 2.24) is 4.90 Å². The molecule has 0 atom stereocenters. The van der Waals surface area contributed by atoms with Crippen molar-refractivity contribution in [2.75, 3.05) is 19.4 Å². The molecule has 1 aliphatic carbocycles. The molecule has 0 radical (unpaired) electrons. The summed E-state index contributed by atoms with van der Waals surface area (Å²) in [6.45, 7) is 5.10. The lowest BCUT2D eigenvalue weighted by Crippen LogP contribution is -2.41. The summed E-state index contributed by atoms with van der Waals surface area (Å²) in [5.74, 6) is 1.12. The van der Waals surface area contributed by atoms with E-state index in [0.29, 0.717) is 29.0 Å². The Bertz CT molecular complexity index is 494. The number of ether oxygens (including phenoxy) is 1. The molecule has 21 heavy (non-hydrogen) atoms. The number of nitrogens with zero attached hydrogens (tertiary/aromatic N) is 1. The first-order valence-electron chi connectivity index (χ1n) is 7.77. The Morgan fingerprint density at radius 1 is 1.38 bits per heavy atom. The topological polar surface area (TPSA) is 55.6 Å². The Morgan fingerprint density at radius 3 is 2.62 bits per heavy atom. The van der Waals surface area contributed by atoms with Crippen LogP contribution in [0.15, 0.2) is 18.2 Å². The van der Waals surface area contributed by atoms with E-state index in [0.717, 1.165) is 19.4 Å². The van der Waals surface area contributed by atoms with Crippen LogP contribution in [0, 0.1) is 5.92 Å². The van der Waals surface area contributed by atoms with Gasteiger partial charge in [0.15, 0.2) is 0 Å². The summed E-state index contributed by atoms with van der Waals surface area (Å²) in [5, 5.41) is 0. The normalized spacial score (nSPS) is 15.4. The second kappa shape index (κ2) is 6.83. The van der Waals surface area contributed by atoms with Crippen LogP contribution in [-0.2, 0) is 0 Å². The maximum atomic E-state index is 12.9. The summed E-state index contributed by atoms with van der Waals surface area (Å²) in [7, 11) is 1.57. The number of rotatable bonds is 5. The molecule has 0 spiro atoms. The van der Waals surface area contributed by atoms with Crippen molar-refractivity contribution in [3.8, 4) is 5.75 Å². The molecule has 0 aliphatic heterocycles. The predicted molar refractivity (Wildman–Crippen MR) is 85.5 cm³/mol. The summed E-state index contributed by atoms with van der Waals surface area (Å²) in [6, 6.07) is 5.67. The lowest BCUT2D eigenvalue weighted by molar-refractivity contribution is 0.0655. The van der Waals surface area contributed by atoms with Gasteiger partial charge in [-0.2, -0.15) is 0 Å². The van der Waals surface area contributed by atoms with Crippen molar-refractivity contribution in [3.05, 3.63) is 23.8 Å². The van der Waals surface area contributed by atoms with E-state index in [1.807, 2.05) is 4.90 Å². The maximum absolute atomic E-state index is 12.9. The van der Waals surface area contributed by atoms with Crippen LogP contribution >= 0.6 is 0 Å². The van der Waals surface area contributed by atoms with Crippen LogP contribution in [0.4, 0.5) is 5.69 Å². The van der Waals surface area contributed by atoms with Crippen molar-refractivity contribution >= 4 is 11.6 Å². The Labute approximate surface area is 127 Å². The third-order valence-electron chi connectivity index (χ3n) is 4.07. The number of benzene rings is 1. The summed E-state index contributed by atoms with van der Waals surface area (Å²) < 4.78 is 5.23. The van der Waals surface area contributed by atoms with Crippen molar-refractivity contribution in [2.24, 2.45) is 5.92 Å². The van der Waals surface area contributed by atoms with E-state index in [1.54, 1.807) is 25.3 Å². The van der Waals surface area contributed by atoms with Crippen molar-refractivity contribution in [1.29, 1.82) is 0 Å². The standard InChI is InChI=1S/C17H26N2O2/c1-12(2)11-19(14-6-4-5-7-14)17(20)13-8-9-15(18)16(10-13)21-3/h8-10,12,14H,4-7,11,18H2,1-3H3. The number of methoxy groups -OCH3 is 1. The van der Waals surface area contributed by atoms with Gasteiger partial charge in [-0.3, -0.25) is 4.79 Å². The van der Waals surface area contributed by atoms with Crippen LogP contribution in [0.5, 0.6) is 5.75 Å². The van der Waals surface area contributed by atoms with Gasteiger partial charge in [0.2, 0.25) is 0 Å². The highest BCUT2D eigenvalue weighted by Gasteiger charge is 2.28. The lowest BCUT2D eigenvalue weighted by Gasteiger charge is -2.31. The van der Waals surface area contributed by atoms with Gasteiger partial charge < -0.3 is 15.4 Å². The molecule has 1 saturated carbocycles. The molecule has 1 aromatic rings. The quantitative estimate of drug-likeness (QED) is 0.846. The minimum atomic E-state index is 0.0916. The van der Waals surface area contributed by atoms with E-state index in [-0.39, 0.29) is 5.91 Å². The van der Waals surface area contributed by atoms with E-state index in [2.05, 4.69) is 13.8 Å². The second-order valence-corrected chi connectivity index (χ2v) is 6.25. The SMILES string of the molecule is COc1cc(C(=O)N(CC(C)C)C2CCCC2)ccc1N. The molecule has 1 fully saturated rings. The monoisotopic (exact) mass is 290 g/mol. The molecular weight excluding hydrogens is 264 g/mol. The van der Waals surface area contributed by atoms with Gasteiger partial charge in [-0.1, -0.05) is 26.7 Å². The summed E-state index contributed by atoms with van der Waals surface area (Å²) >= 11 is 0. The van der Waals surface area contributed by atoms with E-state index in [4.69, 9.17) is 10.5 Å². The fourth-order valence-electron chi connectivity index (χ4n) is 3.02. The number of carbonyl (C=O) groups is 1. The van der Waals surface area contributed by atoms with Crippen molar-refractivity contribution in [2.45, 2.75) is 45.6 Å². The number of nitrogen functional groups attached to an aromatic ring is 1. The third kappa shape index (κ3) is 3.69. The van der Waals surface area contributed by atoms with Gasteiger partial charge in [-0.05, 0) is 37.0 Å². The molecular formula is C17H26N2O2. The molecule has 0 bridgehead atoms. The van der Waals surface area contributed by atoms with Gasteiger partial charge in [0.05, 0.1) is 12.8 Å². The molecule has 1 aromatic carbocycles. The molecule has 116 valence electrons. The first kappa shape index (κ1) is 15.7. The molecule has 0 heterocycles. The molecule has 1 aliphatic rings. The van der Waals surface area contributed by atoms with Gasteiger partial charge in [0.25, 0.3) is 5.91 Å². The molecule has 0 aromatic heterocycles. The highest BCUT2D eigenvalue weighted by Crippen LogP contribution is 2.28. The van der Waals surface area contributed by atoms with E-state index in [9.17, 15) is 4.79 Å². The largest absolute Gasteiger partial charge is 0.495 e. The molecule has 4 heteroatoms. The maximum Gasteiger partial charge on any atom is 0.254 e. The average molecular weight is 290 g/mol. The number of anilines is 1. The highest BCUT2D eigenvalue weighted by atomic mass is 16.5. The number of amides is 1. The summed E-state index contributed by atoms with van der Waals surface area (Å²) in [5.41, 5.74) is 7.05. The Balaban J connectivity index is 2.24. The van der Waals surface area contributed by atoms with E-state index in [1.165, 1.54) is 12.8 Å². The van der Waals surface area contributed by atoms with Crippen molar-refractivity contribution < 1.29 is 9.53 Å². The van der Waals surface area contributed by atoms with Gasteiger partial charge in [0.1, 0.15) is 5.75 Å². The third-order valence-corrected chi connectivity index (χ3v) is 4.07. The zero-order chi connectivity index (χ0) is 15.4. The van der Waals surface area contributed by atoms with Gasteiger partial charge in [-0.15, -0.1) is 0 Å². The smallest absolute Gasteiger partial charge is 0.254 e. The number of carbonyl (C=O) groups excluding carboxylic acids is 1. The Morgan fingerprint density at radius 2 is 2.05 bits per heavy atom. The minimum absolute atomic E-state index is 0.0916. The van der Waals surface area contributed by atoms with Crippen LogP contribution in [0.2, 0.25) is 0 Å². The van der Waals surface area contributed by atoms with Crippen LogP contribution in [-0.4, -0.2) is 30.5 Å². The summed E-state index contributed by atoms with van der Waals surface area (Å²) in [4.78, 5) is 14.9. The fraction of sp³-hybridized carbons (Fsp3) is 0.588. The van der Waals surface area contributed by atoms with Gasteiger partial charge in [0, 0.05) is 18.2 Å². The van der Waals surface area contributed by atoms with Crippen LogP contribution in [0.25, 0.3) is 0 Å². The molecule has 0 saturated heterocycles. The first-order valence-corrected chi connectivity index (χ1v) is 7.77. The molecule has 4 nitrogen and oxygen atoms in total. The van der Waals surface area contributed by atoms with Gasteiger partial charge >= 0.3 is 0 Å². The molecule has 2 N–H and O–H groups in total. The molecule has 2 rings (SSSR count). The first-order chi connectivity index (χ1) is 10.0. The zero-order valence-corrected chi connectivity index (χ0v) is 13.3. The van der Waals surface area contributed by atoms with Gasteiger partial charge in [-0.25, -0.2) is 0 Å². The van der Waals surface area contributed by atoms with Crippen LogP contribution in [0.3, 0.4) is 0 Å². The number of nitrogens with two attached hydrogens (primary N) is 1. The number of hydrogen-bond acceptors (Lipinski definition) is 3. The summed E-state index contributed by atoms with van der Waals surface area (Å²) in [6.07, 6.45) is 4.67. The van der Waals surface area contributed by atoms with Crippen LogP contribution < -0.4 is 10.5 Å². The predicted octanol–water partition coefficient (Wildman–Crippen LogP) is 3.32. The molecule has 0 unspecified atom stereocenters. The highest BCUT2D eigenvalue weighted by molar-refractivity contribution is 5.95. The lowest BCUT2D eigenvalue weighted by atomic mass is 10.1. The zero-order valence-electron chi connectivity index (χ0n) is 13.3. The minimum Gasteiger partial charge on any atom is -0.495 e. The van der Waals surface area contributed by atoms with E-state index < -0.39 is 0 Å².